The molecule has 1 aliphatic carbocycles. The maximum atomic E-state index is 12.8. The minimum Gasteiger partial charge on any atom is -0.627 e. The molecule has 1 aliphatic heterocycles. The number of quaternary nitrogens is 1. The first-order chi connectivity index (χ1) is 7.73. The summed E-state index contributed by atoms with van der Waals surface area (Å²) in [6, 6.07) is -0.790. The molecule has 0 aromatic carbocycles. The van der Waals surface area contributed by atoms with Crippen molar-refractivity contribution in [3.8, 4) is 0 Å². The van der Waals surface area contributed by atoms with Gasteiger partial charge in [-0.3, -0.25) is 0 Å². The van der Waals surface area contributed by atoms with Crippen molar-refractivity contribution >= 4 is 0 Å². The van der Waals surface area contributed by atoms with Crippen LogP contribution in [-0.4, -0.2) is 23.9 Å². The third-order valence-electron chi connectivity index (χ3n) is 3.03. The summed E-state index contributed by atoms with van der Waals surface area (Å²) in [4.78, 5) is 0. The van der Waals surface area contributed by atoms with E-state index in [0.29, 0.717) is 5.57 Å². The molecule has 92 valence electrons. The standard InChI is InChI=1S/C12H12F3NO/c1-8-5-6-10(12(13,14)15)9-4-3-7-16(2,17)11(8)9/h3-7,11H,1-2H3. The Bertz CT molecular complexity index is 467. The Kier molecular flexibility index (Phi) is 2.56. The number of nitrogens with zero attached hydrogens (tertiary/aromatic N) is 1. The summed E-state index contributed by atoms with van der Waals surface area (Å²) >= 11 is 0. The number of hydrogen-bond donors (Lipinski definition) is 0. The maximum Gasteiger partial charge on any atom is 0.416 e. The summed E-state index contributed by atoms with van der Waals surface area (Å²) in [6.45, 7) is 1.68. The van der Waals surface area contributed by atoms with Gasteiger partial charge >= 0.3 is 6.18 Å². The Labute approximate surface area is 97.2 Å². The molecule has 0 amide bonds. The molecule has 2 atom stereocenters. The Morgan fingerprint density at radius 1 is 1.24 bits per heavy atom. The molecule has 2 rings (SSSR count). The van der Waals surface area contributed by atoms with Gasteiger partial charge in [-0.2, -0.15) is 13.2 Å². The summed E-state index contributed by atoms with van der Waals surface area (Å²) in [6.07, 6.45) is 2.10. The van der Waals surface area contributed by atoms with Crippen LogP contribution in [-0.2, 0) is 0 Å². The van der Waals surface area contributed by atoms with Gasteiger partial charge in [-0.15, -0.1) is 0 Å². The van der Waals surface area contributed by atoms with Gasteiger partial charge in [-0.05, 0) is 30.7 Å². The fraction of sp³-hybridized carbons (Fsp3) is 0.333. The monoisotopic (exact) mass is 243 g/mol. The molecule has 17 heavy (non-hydrogen) atoms. The Morgan fingerprint density at radius 3 is 2.47 bits per heavy atom. The molecule has 2 aliphatic rings. The van der Waals surface area contributed by atoms with E-state index in [0.717, 1.165) is 6.08 Å². The van der Waals surface area contributed by atoms with Crippen LogP contribution in [0.4, 0.5) is 13.2 Å². The molecule has 0 spiro atoms. The first kappa shape index (κ1) is 12.1. The fourth-order valence-corrected chi connectivity index (χ4v) is 2.32. The zero-order chi connectivity index (χ0) is 12.8. The van der Waals surface area contributed by atoms with Gasteiger partial charge in [0.25, 0.3) is 0 Å². The predicted octanol–water partition coefficient (Wildman–Crippen LogP) is 3.20. The first-order valence-electron chi connectivity index (χ1n) is 5.16. The number of alkyl halides is 3. The third-order valence-corrected chi connectivity index (χ3v) is 3.03. The molecule has 0 N–H and O–H groups in total. The predicted molar refractivity (Wildman–Crippen MR) is 58.5 cm³/mol. The first-order valence-corrected chi connectivity index (χ1v) is 5.16. The van der Waals surface area contributed by atoms with E-state index < -0.39 is 22.4 Å². The van der Waals surface area contributed by atoms with Gasteiger partial charge in [-0.1, -0.05) is 6.08 Å². The molecule has 0 aromatic heterocycles. The molecule has 0 radical (unpaired) electrons. The van der Waals surface area contributed by atoms with Crippen LogP contribution in [0.5, 0.6) is 0 Å². The van der Waals surface area contributed by atoms with Crippen LogP contribution in [0.2, 0.25) is 0 Å². The smallest absolute Gasteiger partial charge is 0.416 e. The normalized spacial score (nSPS) is 32.6. The second kappa shape index (κ2) is 3.58. The lowest BCUT2D eigenvalue weighted by molar-refractivity contribution is -0.824. The average molecular weight is 243 g/mol. The molecule has 1 heterocycles. The van der Waals surface area contributed by atoms with Crippen LogP contribution in [0, 0.1) is 5.21 Å². The Balaban J connectivity index is 2.55. The van der Waals surface area contributed by atoms with E-state index in [1.165, 1.54) is 31.5 Å². The number of hydrogen-bond acceptors (Lipinski definition) is 1. The van der Waals surface area contributed by atoms with E-state index in [1.807, 2.05) is 0 Å². The molecule has 0 aromatic rings. The summed E-state index contributed by atoms with van der Waals surface area (Å²) in [5.41, 5.74) is -0.0266. The minimum atomic E-state index is -4.42. The van der Waals surface area contributed by atoms with Crippen LogP contribution >= 0.6 is 0 Å². The van der Waals surface area contributed by atoms with Gasteiger partial charge in [0.15, 0.2) is 0 Å². The quantitative estimate of drug-likeness (QED) is 0.473. The molecule has 2 nitrogen and oxygen atoms in total. The number of hydroxylamine groups is 3. The van der Waals surface area contributed by atoms with Crippen LogP contribution in [0.15, 0.2) is 47.2 Å². The van der Waals surface area contributed by atoms with Crippen molar-refractivity contribution in [2.24, 2.45) is 0 Å². The molecule has 0 bridgehead atoms. The molecule has 0 saturated carbocycles. The van der Waals surface area contributed by atoms with Crippen molar-refractivity contribution in [1.82, 2.24) is 0 Å². The number of allylic oxidation sites excluding steroid dienone is 4. The lowest BCUT2D eigenvalue weighted by atomic mass is 9.85. The molecule has 0 fully saturated rings. The van der Waals surface area contributed by atoms with Crippen LogP contribution in [0.3, 0.4) is 0 Å². The lowest BCUT2D eigenvalue weighted by Crippen LogP contribution is -2.47. The second-order valence-corrected chi connectivity index (χ2v) is 4.41. The molecule has 5 heteroatoms. The van der Waals surface area contributed by atoms with Gasteiger partial charge in [0.1, 0.15) is 6.04 Å². The average Bonchev–Trinajstić information content (AvgIpc) is 2.14. The number of rotatable bonds is 0. The maximum absolute atomic E-state index is 12.8. The van der Waals surface area contributed by atoms with Crippen molar-refractivity contribution in [3.63, 3.8) is 0 Å². The summed E-state index contributed by atoms with van der Waals surface area (Å²) in [5, 5.41) is 12.1. The highest BCUT2D eigenvalue weighted by atomic mass is 19.4. The fourth-order valence-electron chi connectivity index (χ4n) is 2.32. The summed E-state index contributed by atoms with van der Waals surface area (Å²) in [7, 11) is 1.35. The van der Waals surface area contributed by atoms with Gasteiger partial charge in [0.2, 0.25) is 0 Å². The molecular weight excluding hydrogens is 231 g/mol. The van der Waals surface area contributed by atoms with Gasteiger partial charge < -0.3 is 9.85 Å². The summed E-state index contributed by atoms with van der Waals surface area (Å²) in [5.74, 6) is 0. The van der Waals surface area contributed by atoms with Gasteiger partial charge in [0.05, 0.1) is 18.8 Å². The zero-order valence-corrected chi connectivity index (χ0v) is 9.45. The summed E-state index contributed by atoms with van der Waals surface area (Å²) < 4.78 is 37.6. The van der Waals surface area contributed by atoms with Gasteiger partial charge in [-0.25, -0.2) is 0 Å². The van der Waals surface area contributed by atoms with Crippen molar-refractivity contribution < 1.29 is 17.8 Å². The van der Waals surface area contributed by atoms with E-state index in [1.54, 1.807) is 6.92 Å². The molecular formula is C12H12F3NO. The zero-order valence-electron chi connectivity index (χ0n) is 9.45. The highest BCUT2D eigenvalue weighted by Gasteiger charge is 2.44. The van der Waals surface area contributed by atoms with E-state index in [4.69, 9.17) is 0 Å². The topological polar surface area (TPSA) is 23.1 Å². The largest absolute Gasteiger partial charge is 0.627 e. The minimum absolute atomic E-state index is 0.0532. The van der Waals surface area contributed by atoms with Crippen LogP contribution in [0.25, 0.3) is 0 Å². The van der Waals surface area contributed by atoms with Crippen molar-refractivity contribution in [1.29, 1.82) is 0 Å². The van der Waals surface area contributed by atoms with Crippen molar-refractivity contribution in [2.45, 2.75) is 19.1 Å². The Morgan fingerprint density at radius 2 is 1.88 bits per heavy atom. The SMILES string of the molecule is CC1=CC=C(C(F)(F)F)C2=CC=C[N+](C)([O-])C12. The highest BCUT2D eigenvalue weighted by Crippen LogP contribution is 2.41. The third kappa shape index (κ3) is 1.96. The molecule has 2 unspecified atom stereocenters. The number of likely N-dealkylation sites (N-methyl/N-ethyl adjacent to an activating group) is 1. The van der Waals surface area contributed by atoms with Gasteiger partial charge in [0, 0.05) is 5.57 Å². The second-order valence-electron chi connectivity index (χ2n) is 4.41. The van der Waals surface area contributed by atoms with Crippen LogP contribution in [0.1, 0.15) is 6.92 Å². The van der Waals surface area contributed by atoms with E-state index in [-0.39, 0.29) is 5.57 Å². The van der Waals surface area contributed by atoms with Crippen LogP contribution < -0.4 is 0 Å². The van der Waals surface area contributed by atoms with E-state index in [2.05, 4.69) is 0 Å². The number of fused-ring (bicyclic) bond motifs is 1. The van der Waals surface area contributed by atoms with Crippen molar-refractivity contribution in [2.75, 3.05) is 7.05 Å². The lowest BCUT2D eigenvalue weighted by Gasteiger charge is -2.46. The highest BCUT2D eigenvalue weighted by molar-refractivity contribution is 5.51. The van der Waals surface area contributed by atoms with E-state index >= 15 is 0 Å². The molecule has 0 saturated heterocycles. The van der Waals surface area contributed by atoms with Crippen molar-refractivity contribution in [3.05, 3.63) is 52.4 Å². The number of halogens is 3. The van der Waals surface area contributed by atoms with E-state index in [9.17, 15) is 18.4 Å². The Hall–Kier alpha value is -1.33.